The fourth-order valence-electron chi connectivity index (χ4n) is 1.57. The van der Waals surface area contributed by atoms with E-state index in [1.165, 1.54) is 0 Å². The van der Waals surface area contributed by atoms with Crippen molar-refractivity contribution in [1.29, 1.82) is 0 Å². The zero-order valence-corrected chi connectivity index (χ0v) is 10.1. The SMILES string of the molecule is C#CCC(CC)Nc1ccc(C)cc1[N+](=O)[O-]. The molecule has 1 atom stereocenters. The van der Waals surface area contributed by atoms with E-state index < -0.39 is 0 Å². The smallest absolute Gasteiger partial charge is 0.292 e. The maximum Gasteiger partial charge on any atom is 0.292 e. The summed E-state index contributed by atoms with van der Waals surface area (Å²) in [5, 5.41) is 14.0. The van der Waals surface area contributed by atoms with E-state index in [-0.39, 0.29) is 16.7 Å². The molecular formula is C13H16N2O2. The molecule has 0 aliphatic rings. The number of nitro groups is 1. The third-order valence-electron chi connectivity index (χ3n) is 2.57. The second-order valence-electron chi connectivity index (χ2n) is 3.94. The number of aryl methyl sites for hydroxylation is 1. The van der Waals surface area contributed by atoms with E-state index in [1.807, 2.05) is 19.9 Å². The molecule has 0 aromatic heterocycles. The molecule has 1 aromatic rings. The van der Waals surface area contributed by atoms with Gasteiger partial charge in [-0.1, -0.05) is 13.0 Å². The first-order valence-corrected chi connectivity index (χ1v) is 5.53. The first-order valence-electron chi connectivity index (χ1n) is 5.53. The third-order valence-corrected chi connectivity index (χ3v) is 2.57. The fraction of sp³-hybridized carbons (Fsp3) is 0.385. The zero-order valence-electron chi connectivity index (χ0n) is 10.1. The van der Waals surface area contributed by atoms with Crippen LogP contribution in [0.1, 0.15) is 25.3 Å². The Morgan fingerprint density at radius 1 is 1.59 bits per heavy atom. The Labute approximate surface area is 101 Å². The molecule has 1 rings (SSSR count). The van der Waals surface area contributed by atoms with Crippen LogP contribution in [0.5, 0.6) is 0 Å². The van der Waals surface area contributed by atoms with Gasteiger partial charge in [-0.15, -0.1) is 12.3 Å². The van der Waals surface area contributed by atoms with Crippen LogP contribution in [0.15, 0.2) is 18.2 Å². The van der Waals surface area contributed by atoms with Gasteiger partial charge in [0.2, 0.25) is 0 Å². The molecule has 4 heteroatoms. The third kappa shape index (κ3) is 3.49. The maximum absolute atomic E-state index is 10.9. The van der Waals surface area contributed by atoms with Crippen LogP contribution in [-0.2, 0) is 0 Å². The highest BCUT2D eigenvalue weighted by Gasteiger charge is 2.15. The molecule has 0 spiro atoms. The van der Waals surface area contributed by atoms with Crippen LogP contribution in [0.2, 0.25) is 0 Å². The molecule has 17 heavy (non-hydrogen) atoms. The lowest BCUT2D eigenvalue weighted by Crippen LogP contribution is -2.18. The molecule has 0 heterocycles. The van der Waals surface area contributed by atoms with Crippen molar-refractivity contribution < 1.29 is 4.92 Å². The molecule has 0 saturated carbocycles. The van der Waals surface area contributed by atoms with Crippen LogP contribution in [0.3, 0.4) is 0 Å². The highest BCUT2D eigenvalue weighted by atomic mass is 16.6. The van der Waals surface area contributed by atoms with Crippen molar-refractivity contribution in [2.75, 3.05) is 5.32 Å². The van der Waals surface area contributed by atoms with Gasteiger partial charge in [-0.3, -0.25) is 10.1 Å². The van der Waals surface area contributed by atoms with E-state index in [4.69, 9.17) is 6.42 Å². The summed E-state index contributed by atoms with van der Waals surface area (Å²) in [5.74, 6) is 2.57. The number of hydrogen-bond donors (Lipinski definition) is 1. The Kier molecular flexibility index (Phi) is 4.53. The predicted molar refractivity (Wildman–Crippen MR) is 69.0 cm³/mol. The van der Waals surface area contributed by atoms with Crippen LogP contribution < -0.4 is 5.32 Å². The minimum Gasteiger partial charge on any atom is -0.376 e. The molecule has 1 unspecified atom stereocenters. The van der Waals surface area contributed by atoms with Gasteiger partial charge in [0, 0.05) is 18.5 Å². The summed E-state index contributed by atoms with van der Waals surface area (Å²) >= 11 is 0. The predicted octanol–water partition coefficient (Wildman–Crippen LogP) is 3.12. The van der Waals surface area contributed by atoms with Crippen LogP contribution in [0.25, 0.3) is 0 Å². The highest BCUT2D eigenvalue weighted by molar-refractivity contribution is 5.63. The van der Waals surface area contributed by atoms with Crippen molar-refractivity contribution in [3.8, 4) is 12.3 Å². The molecule has 0 bridgehead atoms. The van der Waals surface area contributed by atoms with Gasteiger partial charge in [-0.05, 0) is 25.0 Å². The molecule has 0 amide bonds. The lowest BCUT2D eigenvalue weighted by Gasteiger charge is -2.15. The van der Waals surface area contributed by atoms with Crippen molar-refractivity contribution in [2.24, 2.45) is 0 Å². The van der Waals surface area contributed by atoms with E-state index in [0.717, 1.165) is 12.0 Å². The first kappa shape index (κ1) is 13.0. The second kappa shape index (κ2) is 5.90. The topological polar surface area (TPSA) is 55.2 Å². The normalized spacial score (nSPS) is 11.6. The summed E-state index contributed by atoms with van der Waals surface area (Å²) in [6.07, 6.45) is 6.64. The molecule has 0 aliphatic heterocycles. The summed E-state index contributed by atoms with van der Waals surface area (Å²) in [4.78, 5) is 10.5. The molecule has 0 fully saturated rings. The van der Waals surface area contributed by atoms with Gasteiger partial charge in [0.15, 0.2) is 0 Å². The maximum atomic E-state index is 10.9. The lowest BCUT2D eigenvalue weighted by molar-refractivity contribution is -0.384. The van der Waals surface area contributed by atoms with E-state index in [0.29, 0.717) is 12.1 Å². The van der Waals surface area contributed by atoms with Crippen LogP contribution in [0, 0.1) is 29.4 Å². The molecule has 0 aliphatic carbocycles. The molecule has 90 valence electrons. The van der Waals surface area contributed by atoms with Crippen LogP contribution >= 0.6 is 0 Å². The monoisotopic (exact) mass is 232 g/mol. The minimum atomic E-state index is -0.377. The molecule has 1 aromatic carbocycles. The summed E-state index contributed by atoms with van der Waals surface area (Å²) in [6.45, 7) is 3.82. The Bertz CT molecular complexity index is 449. The summed E-state index contributed by atoms with van der Waals surface area (Å²) in [7, 11) is 0. The Balaban J connectivity index is 2.97. The van der Waals surface area contributed by atoms with Gasteiger partial charge in [0.25, 0.3) is 5.69 Å². The highest BCUT2D eigenvalue weighted by Crippen LogP contribution is 2.26. The molecule has 0 saturated heterocycles. The fourth-order valence-corrected chi connectivity index (χ4v) is 1.57. The largest absolute Gasteiger partial charge is 0.376 e. The summed E-state index contributed by atoms with van der Waals surface area (Å²) < 4.78 is 0. The number of nitrogens with one attached hydrogen (secondary N) is 1. The van der Waals surface area contributed by atoms with Crippen LogP contribution in [0.4, 0.5) is 11.4 Å². The van der Waals surface area contributed by atoms with Gasteiger partial charge < -0.3 is 5.32 Å². The number of anilines is 1. The minimum absolute atomic E-state index is 0.0707. The zero-order chi connectivity index (χ0) is 12.8. The Hall–Kier alpha value is -2.02. The standard InChI is InChI=1S/C13H16N2O2/c1-4-6-11(5-2)14-12-8-7-10(3)9-13(12)15(16)17/h1,7-9,11,14H,5-6H2,2-3H3. The number of hydrogen-bond acceptors (Lipinski definition) is 3. The molecule has 4 nitrogen and oxygen atoms in total. The molecular weight excluding hydrogens is 216 g/mol. The van der Waals surface area contributed by atoms with E-state index >= 15 is 0 Å². The lowest BCUT2D eigenvalue weighted by atomic mass is 10.1. The van der Waals surface area contributed by atoms with Crippen molar-refractivity contribution in [3.05, 3.63) is 33.9 Å². The van der Waals surface area contributed by atoms with E-state index in [2.05, 4.69) is 11.2 Å². The van der Waals surface area contributed by atoms with E-state index in [9.17, 15) is 10.1 Å². The number of nitrogens with zero attached hydrogens (tertiary/aromatic N) is 1. The number of nitro benzene ring substituents is 1. The number of benzene rings is 1. The van der Waals surface area contributed by atoms with Gasteiger partial charge in [0.1, 0.15) is 5.69 Å². The molecule has 1 N–H and O–H groups in total. The van der Waals surface area contributed by atoms with Crippen LogP contribution in [-0.4, -0.2) is 11.0 Å². The summed E-state index contributed by atoms with van der Waals surface area (Å²) in [6, 6.07) is 5.21. The first-order chi connectivity index (χ1) is 8.08. The summed E-state index contributed by atoms with van der Waals surface area (Å²) in [5.41, 5.74) is 1.50. The Morgan fingerprint density at radius 2 is 2.29 bits per heavy atom. The number of terminal acetylenes is 1. The Morgan fingerprint density at radius 3 is 2.82 bits per heavy atom. The van der Waals surface area contributed by atoms with Crippen molar-refractivity contribution >= 4 is 11.4 Å². The average molecular weight is 232 g/mol. The number of rotatable bonds is 5. The van der Waals surface area contributed by atoms with Gasteiger partial charge >= 0.3 is 0 Å². The van der Waals surface area contributed by atoms with Crippen molar-refractivity contribution in [1.82, 2.24) is 0 Å². The average Bonchev–Trinajstić information content (AvgIpc) is 2.30. The van der Waals surface area contributed by atoms with E-state index in [1.54, 1.807) is 12.1 Å². The quantitative estimate of drug-likeness (QED) is 0.482. The van der Waals surface area contributed by atoms with Gasteiger partial charge in [-0.2, -0.15) is 0 Å². The van der Waals surface area contributed by atoms with Gasteiger partial charge in [0.05, 0.1) is 4.92 Å². The van der Waals surface area contributed by atoms with Crippen molar-refractivity contribution in [2.45, 2.75) is 32.7 Å². The van der Waals surface area contributed by atoms with Gasteiger partial charge in [-0.25, -0.2) is 0 Å². The van der Waals surface area contributed by atoms with Crippen molar-refractivity contribution in [3.63, 3.8) is 0 Å². The molecule has 0 radical (unpaired) electrons. The second-order valence-corrected chi connectivity index (χ2v) is 3.94.